The maximum atomic E-state index is 11.7. The van der Waals surface area contributed by atoms with Crippen molar-refractivity contribution in [2.24, 2.45) is 0 Å². The van der Waals surface area contributed by atoms with Crippen molar-refractivity contribution in [3.63, 3.8) is 0 Å². The lowest BCUT2D eigenvalue weighted by molar-refractivity contribution is 0.105. The Bertz CT molecular complexity index is 335. The zero-order valence-corrected chi connectivity index (χ0v) is 11.7. The van der Waals surface area contributed by atoms with Gasteiger partial charge in [0.1, 0.15) is 0 Å². The molecule has 18 heavy (non-hydrogen) atoms. The summed E-state index contributed by atoms with van der Waals surface area (Å²) in [6, 6.07) is 0.653. The molecule has 1 saturated carbocycles. The van der Waals surface area contributed by atoms with Crippen LogP contribution in [0, 0.1) is 0 Å². The van der Waals surface area contributed by atoms with Crippen molar-refractivity contribution in [2.45, 2.75) is 50.7 Å². The standard InChI is InChI=1S/C12H24N2O3S/c15-18(16,10-2-7-13-11-4-5-11)14-8-6-12-3-1-9-17-12/h11-14H,1-10H2. The molecule has 1 heterocycles. The normalized spacial score (nSPS) is 24.6. The second-order valence-electron chi connectivity index (χ2n) is 5.22. The molecule has 0 amide bonds. The molecule has 1 saturated heterocycles. The first-order chi connectivity index (χ1) is 8.66. The van der Waals surface area contributed by atoms with E-state index < -0.39 is 10.0 Å². The van der Waals surface area contributed by atoms with Crippen molar-refractivity contribution in [1.29, 1.82) is 0 Å². The smallest absolute Gasteiger partial charge is 0.211 e. The van der Waals surface area contributed by atoms with Gasteiger partial charge in [-0.25, -0.2) is 13.1 Å². The highest BCUT2D eigenvalue weighted by Crippen LogP contribution is 2.18. The maximum Gasteiger partial charge on any atom is 0.211 e. The quantitative estimate of drug-likeness (QED) is 0.606. The molecule has 0 radical (unpaired) electrons. The third kappa shape index (κ3) is 5.65. The van der Waals surface area contributed by atoms with Crippen LogP contribution < -0.4 is 10.0 Å². The van der Waals surface area contributed by atoms with E-state index in [1.165, 1.54) is 12.8 Å². The zero-order valence-electron chi connectivity index (χ0n) is 10.9. The van der Waals surface area contributed by atoms with Crippen LogP contribution >= 0.6 is 0 Å². The van der Waals surface area contributed by atoms with E-state index in [1.807, 2.05) is 0 Å². The number of nitrogens with one attached hydrogen (secondary N) is 2. The van der Waals surface area contributed by atoms with Crippen LogP contribution in [0.3, 0.4) is 0 Å². The van der Waals surface area contributed by atoms with E-state index >= 15 is 0 Å². The van der Waals surface area contributed by atoms with Crippen molar-refractivity contribution < 1.29 is 13.2 Å². The lowest BCUT2D eigenvalue weighted by atomic mass is 10.2. The highest BCUT2D eigenvalue weighted by Gasteiger charge is 2.20. The van der Waals surface area contributed by atoms with Crippen LogP contribution in [0.2, 0.25) is 0 Å². The van der Waals surface area contributed by atoms with Gasteiger partial charge < -0.3 is 10.1 Å². The van der Waals surface area contributed by atoms with Gasteiger partial charge in [-0.3, -0.25) is 0 Å². The Morgan fingerprint density at radius 3 is 2.67 bits per heavy atom. The summed E-state index contributed by atoms with van der Waals surface area (Å²) in [4.78, 5) is 0. The summed E-state index contributed by atoms with van der Waals surface area (Å²) in [6.07, 6.45) is 6.38. The van der Waals surface area contributed by atoms with Gasteiger partial charge in [-0.1, -0.05) is 0 Å². The zero-order chi connectivity index (χ0) is 12.8. The van der Waals surface area contributed by atoms with Crippen LogP contribution in [0.15, 0.2) is 0 Å². The molecule has 1 unspecified atom stereocenters. The van der Waals surface area contributed by atoms with Crippen LogP contribution in [-0.4, -0.2) is 46.0 Å². The molecule has 6 heteroatoms. The predicted molar refractivity (Wildman–Crippen MR) is 71.0 cm³/mol. The van der Waals surface area contributed by atoms with E-state index in [0.717, 1.165) is 32.4 Å². The minimum Gasteiger partial charge on any atom is -0.378 e. The molecule has 1 atom stereocenters. The Balaban J connectivity index is 1.51. The SMILES string of the molecule is O=S(=O)(CCCNC1CC1)NCCC1CCCO1. The first kappa shape index (κ1) is 14.2. The molecule has 2 N–H and O–H groups in total. The van der Waals surface area contributed by atoms with Crippen molar-refractivity contribution in [2.75, 3.05) is 25.4 Å². The lowest BCUT2D eigenvalue weighted by Crippen LogP contribution is -2.31. The van der Waals surface area contributed by atoms with Gasteiger partial charge in [0.2, 0.25) is 10.0 Å². The molecule has 2 rings (SSSR count). The highest BCUT2D eigenvalue weighted by molar-refractivity contribution is 7.89. The van der Waals surface area contributed by atoms with E-state index in [9.17, 15) is 8.42 Å². The molecule has 0 aromatic rings. The number of ether oxygens (including phenoxy) is 1. The number of hydrogen-bond donors (Lipinski definition) is 2. The molecular weight excluding hydrogens is 252 g/mol. The predicted octanol–water partition coefficient (Wildman–Crippen LogP) is 0.617. The Labute approximate surface area is 110 Å². The molecule has 1 aliphatic carbocycles. The largest absolute Gasteiger partial charge is 0.378 e. The summed E-state index contributed by atoms with van der Waals surface area (Å²) < 4.78 is 31.5. The highest BCUT2D eigenvalue weighted by atomic mass is 32.2. The summed E-state index contributed by atoms with van der Waals surface area (Å²) >= 11 is 0. The average Bonchev–Trinajstić information content (AvgIpc) is 3.01. The lowest BCUT2D eigenvalue weighted by Gasteiger charge is -2.10. The molecule has 0 aromatic carbocycles. The summed E-state index contributed by atoms with van der Waals surface area (Å²) in [6.45, 7) is 2.13. The van der Waals surface area contributed by atoms with E-state index in [2.05, 4.69) is 10.0 Å². The Morgan fingerprint density at radius 1 is 1.17 bits per heavy atom. The fourth-order valence-electron chi connectivity index (χ4n) is 2.18. The van der Waals surface area contributed by atoms with Crippen LogP contribution in [0.25, 0.3) is 0 Å². The number of sulfonamides is 1. The van der Waals surface area contributed by atoms with Gasteiger partial charge in [0.25, 0.3) is 0 Å². The summed E-state index contributed by atoms with van der Waals surface area (Å²) in [5.74, 6) is 0.220. The van der Waals surface area contributed by atoms with Crippen LogP contribution in [-0.2, 0) is 14.8 Å². The van der Waals surface area contributed by atoms with Gasteiger partial charge in [0, 0.05) is 19.2 Å². The van der Waals surface area contributed by atoms with Gasteiger partial charge in [0.05, 0.1) is 11.9 Å². The Morgan fingerprint density at radius 2 is 2.00 bits per heavy atom. The monoisotopic (exact) mass is 276 g/mol. The van der Waals surface area contributed by atoms with E-state index in [1.54, 1.807) is 0 Å². The molecule has 5 nitrogen and oxygen atoms in total. The van der Waals surface area contributed by atoms with Crippen LogP contribution in [0.4, 0.5) is 0 Å². The van der Waals surface area contributed by atoms with Gasteiger partial charge in [0.15, 0.2) is 0 Å². The van der Waals surface area contributed by atoms with Crippen molar-refractivity contribution in [1.82, 2.24) is 10.0 Å². The van der Waals surface area contributed by atoms with E-state index in [4.69, 9.17) is 4.74 Å². The molecular formula is C12H24N2O3S. The fourth-order valence-corrected chi connectivity index (χ4v) is 3.27. The topological polar surface area (TPSA) is 67.4 Å². The number of rotatable bonds is 9. The van der Waals surface area contributed by atoms with Crippen molar-refractivity contribution >= 4 is 10.0 Å². The van der Waals surface area contributed by atoms with Crippen LogP contribution in [0.1, 0.15) is 38.5 Å². The minimum atomic E-state index is -3.10. The Hall–Kier alpha value is -0.170. The summed E-state index contributed by atoms with van der Waals surface area (Å²) in [7, 11) is -3.10. The van der Waals surface area contributed by atoms with Gasteiger partial charge in [-0.2, -0.15) is 0 Å². The molecule has 2 aliphatic rings. The average molecular weight is 276 g/mol. The van der Waals surface area contributed by atoms with Crippen LogP contribution in [0.5, 0.6) is 0 Å². The van der Waals surface area contributed by atoms with Crippen molar-refractivity contribution in [3.8, 4) is 0 Å². The molecule has 0 aromatic heterocycles. The van der Waals surface area contributed by atoms with Gasteiger partial charge in [-0.15, -0.1) is 0 Å². The minimum absolute atomic E-state index is 0.220. The number of hydrogen-bond acceptors (Lipinski definition) is 4. The fraction of sp³-hybridized carbons (Fsp3) is 1.00. The van der Waals surface area contributed by atoms with E-state index in [0.29, 0.717) is 19.0 Å². The molecule has 0 spiro atoms. The van der Waals surface area contributed by atoms with E-state index in [-0.39, 0.29) is 11.9 Å². The molecule has 106 valence electrons. The molecule has 0 bridgehead atoms. The van der Waals surface area contributed by atoms with Gasteiger partial charge in [-0.05, 0) is 45.1 Å². The summed E-state index contributed by atoms with van der Waals surface area (Å²) in [5, 5.41) is 3.32. The Kier molecular flexibility index (Phi) is 5.41. The van der Waals surface area contributed by atoms with Gasteiger partial charge >= 0.3 is 0 Å². The first-order valence-electron chi connectivity index (χ1n) is 6.98. The summed E-state index contributed by atoms with van der Waals surface area (Å²) in [5.41, 5.74) is 0. The third-order valence-corrected chi connectivity index (χ3v) is 4.88. The second-order valence-corrected chi connectivity index (χ2v) is 7.15. The maximum absolute atomic E-state index is 11.7. The van der Waals surface area contributed by atoms with Crippen molar-refractivity contribution in [3.05, 3.63) is 0 Å². The molecule has 1 aliphatic heterocycles. The molecule has 2 fully saturated rings. The third-order valence-electron chi connectivity index (χ3n) is 3.41. The second kappa shape index (κ2) is 6.84. The first-order valence-corrected chi connectivity index (χ1v) is 8.63.